The first-order chi connectivity index (χ1) is 36.6. The van der Waals surface area contributed by atoms with Crippen molar-refractivity contribution in [1.82, 2.24) is 61.5 Å². The fraction of sp³-hybridized carbons (Fsp3) is 0.286. The molecule has 76 heavy (non-hydrogen) atoms. The van der Waals surface area contributed by atoms with Gasteiger partial charge in [-0.15, -0.1) is 68.0 Å². The molecule has 1 aliphatic rings. The highest BCUT2D eigenvalue weighted by molar-refractivity contribution is 7.15. The lowest BCUT2D eigenvalue weighted by atomic mass is 10.0. The summed E-state index contributed by atoms with van der Waals surface area (Å²) in [5.41, 5.74) is 2.92. The van der Waals surface area contributed by atoms with Gasteiger partial charge in [-0.2, -0.15) is 0 Å². The van der Waals surface area contributed by atoms with E-state index in [1.807, 2.05) is 13.8 Å². The monoisotopic (exact) mass is 1140 g/mol. The highest BCUT2D eigenvalue weighted by Crippen LogP contribution is 2.40. The number of carbonyl (C=O) groups is 6. The van der Waals surface area contributed by atoms with E-state index in [4.69, 9.17) is 24.7 Å². The van der Waals surface area contributed by atoms with Crippen LogP contribution in [0.3, 0.4) is 0 Å². The minimum atomic E-state index is -1.26. The molecule has 7 N–H and O–H groups in total. The maximum Gasteiger partial charge on any atom is 0.271 e. The number of fused-ring (bicyclic) bond motifs is 14. The van der Waals surface area contributed by atoms with E-state index in [1.165, 1.54) is 77.8 Å². The van der Waals surface area contributed by atoms with E-state index in [9.17, 15) is 33.9 Å². The first-order valence-corrected chi connectivity index (χ1v) is 28.4. The first kappa shape index (κ1) is 53.7. The second kappa shape index (κ2) is 23.4. The van der Waals surface area contributed by atoms with Gasteiger partial charge in [0, 0.05) is 53.0 Å². The van der Waals surface area contributed by atoms with Crippen molar-refractivity contribution >= 4 is 109 Å². The van der Waals surface area contributed by atoms with Crippen LogP contribution in [0.5, 0.6) is 0 Å². The second-order valence-electron chi connectivity index (χ2n) is 17.4. The van der Waals surface area contributed by atoms with Crippen molar-refractivity contribution in [3.05, 3.63) is 111 Å². The summed E-state index contributed by atoms with van der Waals surface area (Å²) in [7, 11) is 2.95. The molecular formula is C49H47N13O8S6. The zero-order chi connectivity index (χ0) is 53.8. The van der Waals surface area contributed by atoms with E-state index >= 15 is 0 Å². The summed E-state index contributed by atoms with van der Waals surface area (Å²) in [6.07, 6.45) is -1.46. The molecular weight excluding hydrogens is 1090 g/mol. The zero-order valence-corrected chi connectivity index (χ0v) is 46.1. The molecule has 21 nitrogen and oxygen atoms in total. The molecule has 0 radical (unpaired) electrons. The largest absolute Gasteiger partial charge is 0.386 e. The number of hydrogen-bond donors (Lipinski definition) is 7. The van der Waals surface area contributed by atoms with Gasteiger partial charge in [0.1, 0.15) is 82.2 Å². The molecule has 0 saturated heterocycles. The van der Waals surface area contributed by atoms with Gasteiger partial charge in [0.05, 0.1) is 42.2 Å². The molecule has 4 atom stereocenters. The van der Waals surface area contributed by atoms with Crippen LogP contribution in [0, 0.1) is 12.8 Å². The summed E-state index contributed by atoms with van der Waals surface area (Å²) >= 11 is 7.28. The number of methoxy groups -OCH3 is 1. The number of thiazole rings is 6. The predicted molar refractivity (Wildman–Crippen MR) is 291 cm³/mol. The summed E-state index contributed by atoms with van der Waals surface area (Å²) in [4.78, 5) is 116. The number of aliphatic hydroxyl groups excluding tert-OH is 1. The van der Waals surface area contributed by atoms with Gasteiger partial charge < -0.3 is 41.7 Å². The van der Waals surface area contributed by atoms with Gasteiger partial charge >= 0.3 is 0 Å². The average molecular weight is 1140 g/mol. The molecule has 27 heteroatoms. The molecule has 9 rings (SSSR count). The number of anilines is 1. The standard InChI is InChI=1S/C49H47N13O8S6/c1-21(2)35-49-62-38(31(76-49)16-70-6)42(68)51-15-34(65)59-39(40(66)24-10-8-7-9-11-24)48-57-30(19-73-48)46-55-28(17-72-46)37-25(12-13-26(53-37)45-58-32(20-74-45)52-23(4)63)44-56-29(18-71-44)41(67)54-27(14-33(64)50-5)47-61-36(22(3)75-47)43(69)60-35/h7-13,17-21,27,35,39-40,66H,14-16H2,1-6H3,(H,50,64)(H,51,68)(H,52,63)(H,54,67)(H,59,65)(H,60,69)/t27-,35-,39-,40-/m0/s1. The van der Waals surface area contributed by atoms with Gasteiger partial charge in [0.25, 0.3) is 17.7 Å². The van der Waals surface area contributed by atoms with E-state index < -0.39 is 54.4 Å². The van der Waals surface area contributed by atoms with E-state index in [0.29, 0.717) is 79.5 Å². The fourth-order valence-corrected chi connectivity index (χ4v) is 13.3. The molecule has 0 fully saturated rings. The van der Waals surface area contributed by atoms with Gasteiger partial charge in [0.2, 0.25) is 17.7 Å². The van der Waals surface area contributed by atoms with Gasteiger partial charge in [-0.25, -0.2) is 34.9 Å². The van der Waals surface area contributed by atoms with E-state index in [0.717, 1.165) is 11.3 Å². The van der Waals surface area contributed by atoms with Crippen LogP contribution < -0.4 is 31.9 Å². The normalized spacial score (nSPS) is 16.8. The molecule has 8 aromatic rings. The molecule has 1 aromatic carbocycles. The molecule has 8 heterocycles. The summed E-state index contributed by atoms with van der Waals surface area (Å²) in [6.45, 7) is 6.39. The van der Waals surface area contributed by atoms with Gasteiger partial charge in [-0.3, -0.25) is 28.8 Å². The summed E-state index contributed by atoms with van der Waals surface area (Å²) < 4.78 is 5.44. The molecule has 0 aliphatic carbocycles. The lowest BCUT2D eigenvalue weighted by molar-refractivity contribution is -0.122. The number of aromatic nitrogens is 7. The third kappa shape index (κ3) is 11.9. The maximum absolute atomic E-state index is 14.2. The van der Waals surface area contributed by atoms with Gasteiger partial charge in [-0.1, -0.05) is 44.2 Å². The Balaban J connectivity index is 1.13. The Hall–Kier alpha value is -7.11. The molecule has 392 valence electrons. The van der Waals surface area contributed by atoms with Crippen LogP contribution in [-0.2, 0) is 25.7 Å². The summed E-state index contributed by atoms with van der Waals surface area (Å²) in [5, 5.41) is 38.0. The predicted octanol–water partition coefficient (Wildman–Crippen LogP) is 7.27. The number of aryl methyl sites for hydroxylation is 1. The summed E-state index contributed by atoms with van der Waals surface area (Å²) in [6, 6.07) is 9.62. The Kier molecular flexibility index (Phi) is 16.5. The summed E-state index contributed by atoms with van der Waals surface area (Å²) in [5.74, 6) is -2.97. The Morgan fingerprint density at radius 1 is 0.711 bits per heavy atom. The smallest absolute Gasteiger partial charge is 0.271 e. The fourth-order valence-electron chi connectivity index (χ4n) is 7.82. The van der Waals surface area contributed by atoms with Crippen molar-refractivity contribution in [2.45, 2.75) is 65.0 Å². The Bertz CT molecular complexity index is 3470. The number of rotatable bonds is 9. The highest BCUT2D eigenvalue weighted by atomic mass is 32.1. The number of nitrogens with one attached hydrogen (secondary N) is 6. The SMILES string of the molecule is CNC(=O)C[C@@H]1NC(=O)c2csc(n2)-c2ccc(-c3nc(NC(C)=O)cs3)nc2-c2csc(n2)-c2csc(n2)[C@H]([C@@H](O)c2ccccc2)NC(=O)CNC(=O)c2nc(sc2COC)[C@H](C(C)C)NC(=O)c2nc1sc2C. The van der Waals surface area contributed by atoms with Gasteiger partial charge in [-0.05, 0) is 30.5 Å². The van der Waals surface area contributed by atoms with Crippen molar-refractivity contribution < 1.29 is 38.6 Å². The van der Waals surface area contributed by atoms with Crippen molar-refractivity contribution in [1.29, 1.82) is 0 Å². The quantitative estimate of drug-likeness (QED) is 0.0748. The molecule has 6 amide bonds. The number of aliphatic hydroxyl groups is 1. The molecule has 1 aliphatic heterocycles. The van der Waals surface area contributed by atoms with Crippen molar-refractivity contribution in [3.63, 3.8) is 0 Å². The number of carbonyl (C=O) groups excluding carboxylic acids is 6. The second-order valence-corrected chi connectivity index (χ2v) is 23.2. The molecule has 0 saturated carbocycles. The van der Waals surface area contributed by atoms with Crippen LogP contribution in [0.25, 0.3) is 43.4 Å². The zero-order valence-electron chi connectivity index (χ0n) is 41.2. The number of pyridine rings is 1. The Morgan fingerprint density at radius 2 is 1.42 bits per heavy atom. The average Bonchev–Trinajstić information content (AvgIpc) is 4.28. The van der Waals surface area contributed by atoms with Crippen LogP contribution >= 0.6 is 68.0 Å². The maximum atomic E-state index is 14.2. The third-order valence-electron chi connectivity index (χ3n) is 11.6. The lowest BCUT2D eigenvalue weighted by Gasteiger charge is -2.23. The van der Waals surface area contributed by atoms with E-state index in [1.54, 1.807) is 70.9 Å². The van der Waals surface area contributed by atoms with Crippen LogP contribution in [0.4, 0.5) is 5.82 Å². The minimum absolute atomic E-state index is 0.00670. The van der Waals surface area contributed by atoms with Crippen LogP contribution in [0.2, 0.25) is 0 Å². The number of benzene rings is 1. The Labute approximate surface area is 458 Å². The molecule has 0 spiro atoms. The van der Waals surface area contributed by atoms with Crippen molar-refractivity contribution in [2.75, 3.05) is 26.0 Å². The topological polar surface area (TPSA) is 294 Å². The lowest BCUT2D eigenvalue weighted by Crippen LogP contribution is -2.40. The number of ether oxygens (including phenoxy) is 1. The third-order valence-corrected chi connectivity index (χ3v) is 17.3. The number of hydrogen-bond acceptors (Lipinski definition) is 21. The Morgan fingerprint density at radius 3 is 2.17 bits per heavy atom. The first-order valence-electron chi connectivity index (χ1n) is 23.3. The molecule has 7 aromatic heterocycles. The number of nitrogens with zero attached hydrogens (tertiary/aromatic N) is 7. The van der Waals surface area contributed by atoms with Crippen LogP contribution in [0.15, 0.2) is 64.0 Å². The van der Waals surface area contributed by atoms with Crippen LogP contribution in [0.1, 0.15) is 113 Å². The van der Waals surface area contributed by atoms with Crippen molar-refractivity contribution in [2.24, 2.45) is 5.92 Å². The van der Waals surface area contributed by atoms with Crippen molar-refractivity contribution in [3.8, 4) is 43.4 Å². The highest BCUT2D eigenvalue weighted by Gasteiger charge is 2.33. The molecule has 10 bridgehead atoms. The van der Waals surface area contributed by atoms with E-state index in [-0.39, 0.29) is 47.8 Å². The number of amides is 6. The van der Waals surface area contributed by atoms with Crippen LogP contribution in [-0.4, -0.2) is 96.1 Å². The molecule has 0 unspecified atom stereocenters. The van der Waals surface area contributed by atoms with E-state index in [2.05, 4.69) is 46.9 Å². The van der Waals surface area contributed by atoms with Gasteiger partial charge in [0.15, 0.2) is 0 Å². The minimum Gasteiger partial charge on any atom is -0.386 e.